The molecule has 0 saturated heterocycles. The van der Waals surface area contributed by atoms with E-state index in [-0.39, 0.29) is 12.3 Å². The third-order valence-electron chi connectivity index (χ3n) is 4.27. The summed E-state index contributed by atoms with van der Waals surface area (Å²) in [4.78, 5) is 11.8. The lowest BCUT2D eigenvalue weighted by Gasteiger charge is -2.20. The fourth-order valence-corrected chi connectivity index (χ4v) is 2.79. The monoisotopic (exact) mass is 373 g/mol. The molecule has 146 valence electrons. The summed E-state index contributed by atoms with van der Waals surface area (Å²) in [5, 5.41) is 10.6. The number of carbonyl (C=O) groups is 1. The molecule has 0 spiro atoms. The Labute approximate surface area is 160 Å². The second-order valence-corrected chi connectivity index (χ2v) is 5.91. The smallest absolute Gasteiger partial charge is 0.438 e. The van der Waals surface area contributed by atoms with Gasteiger partial charge in [-0.15, -0.1) is 0 Å². The average Bonchev–Trinajstić information content (AvgIpc) is 2.71. The summed E-state index contributed by atoms with van der Waals surface area (Å²) >= 11 is 0. The van der Waals surface area contributed by atoms with Crippen LogP contribution in [-0.2, 0) is 24.2 Å². The molecule has 0 bridgehead atoms. The van der Waals surface area contributed by atoms with Crippen molar-refractivity contribution in [2.75, 3.05) is 18.8 Å². The van der Waals surface area contributed by atoms with E-state index in [2.05, 4.69) is 24.7 Å². The van der Waals surface area contributed by atoms with Gasteiger partial charge in [0.15, 0.2) is 0 Å². The van der Waals surface area contributed by atoms with Gasteiger partial charge in [-0.05, 0) is 49.1 Å². The molecule has 0 unspecified atom stereocenters. The first-order chi connectivity index (χ1) is 13.0. The van der Waals surface area contributed by atoms with Gasteiger partial charge >= 0.3 is 6.09 Å². The van der Waals surface area contributed by atoms with Gasteiger partial charge in [-0.25, -0.2) is 4.79 Å². The van der Waals surface area contributed by atoms with E-state index >= 15 is 0 Å². The van der Waals surface area contributed by atoms with Gasteiger partial charge in [0.25, 0.3) is 0 Å². The van der Waals surface area contributed by atoms with Gasteiger partial charge < -0.3 is 14.2 Å². The zero-order valence-electron chi connectivity index (χ0n) is 16.3. The summed E-state index contributed by atoms with van der Waals surface area (Å²) in [5.74, 6) is 1.32. The Kier molecular flexibility index (Phi) is 7.49. The lowest BCUT2D eigenvalue weighted by molar-refractivity contribution is 0.140. The van der Waals surface area contributed by atoms with Crippen LogP contribution in [0.4, 0.5) is 10.5 Å². The predicted octanol–water partition coefficient (Wildman–Crippen LogP) is 4.75. The molecular formula is C21H27NO5. The van der Waals surface area contributed by atoms with Crippen molar-refractivity contribution in [3.05, 3.63) is 53.1 Å². The highest BCUT2D eigenvalue weighted by Crippen LogP contribution is 2.31. The van der Waals surface area contributed by atoms with Crippen LogP contribution in [-0.4, -0.2) is 25.0 Å². The Morgan fingerprint density at radius 3 is 2.44 bits per heavy atom. The van der Waals surface area contributed by atoms with E-state index in [1.54, 1.807) is 18.2 Å². The van der Waals surface area contributed by atoms with E-state index in [0.717, 1.165) is 24.2 Å². The summed E-state index contributed by atoms with van der Waals surface area (Å²) in [7, 11) is 1.21. The highest BCUT2D eigenvalue weighted by molar-refractivity contribution is 5.86. The Hall–Kier alpha value is -2.73. The minimum Gasteiger partial charge on any atom is -0.493 e. The number of hydrogen-bond acceptors (Lipinski definition) is 5. The van der Waals surface area contributed by atoms with Gasteiger partial charge in [0.05, 0.1) is 25.0 Å². The molecule has 0 atom stereocenters. The molecule has 0 radical (unpaired) electrons. The van der Waals surface area contributed by atoms with Crippen molar-refractivity contribution < 1.29 is 24.2 Å². The molecule has 2 aromatic carbocycles. The van der Waals surface area contributed by atoms with E-state index in [1.807, 2.05) is 19.1 Å². The molecule has 6 nitrogen and oxygen atoms in total. The summed E-state index contributed by atoms with van der Waals surface area (Å²) in [6.07, 6.45) is 0.923. The van der Waals surface area contributed by atoms with E-state index in [9.17, 15) is 10.0 Å². The van der Waals surface area contributed by atoms with Gasteiger partial charge in [0.2, 0.25) is 0 Å². The standard InChI is InChI=1S/C21H27NO5/c1-5-15-11-12-19(16(6-2)13-15)27-14-17-18(22(24)21(23)25-4)9-8-10-20(17)26-7-3/h8-13,24H,5-7,14H2,1-4H3. The number of benzene rings is 2. The van der Waals surface area contributed by atoms with Crippen molar-refractivity contribution in [2.24, 2.45) is 0 Å². The molecule has 0 aliphatic carbocycles. The number of carbonyl (C=O) groups excluding carboxylic acids is 1. The van der Waals surface area contributed by atoms with Gasteiger partial charge in [-0.3, -0.25) is 5.21 Å². The average molecular weight is 373 g/mol. The maximum absolute atomic E-state index is 11.8. The number of hydrogen-bond donors (Lipinski definition) is 1. The van der Waals surface area contributed by atoms with Crippen LogP contribution in [0.2, 0.25) is 0 Å². The van der Waals surface area contributed by atoms with E-state index in [1.165, 1.54) is 12.7 Å². The highest BCUT2D eigenvalue weighted by atomic mass is 16.6. The Bertz CT molecular complexity index is 775. The zero-order valence-corrected chi connectivity index (χ0v) is 16.3. The third kappa shape index (κ3) is 4.92. The minimum absolute atomic E-state index is 0.137. The first kappa shape index (κ1) is 20.6. The van der Waals surface area contributed by atoms with Crippen molar-refractivity contribution >= 4 is 11.8 Å². The largest absolute Gasteiger partial charge is 0.493 e. The van der Waals surface area contributed by atoms with E-state index in [4.69, 9.17) is 9.47 Å². The number of ether oxygens (including phenoxy) is 3. The molecule has 0 saturated carbocycles. The molecule has 0 aliphatic heterocycles. The van der Waals surface area contributed by atoms with Crippen LogP contribution in [0, 0.1) is 0 Å². The molecule has 27 heavy (non-hydrogen) atoms. The number of rotatable bonds is 8. The van der Waals surface area contributed by atoms with Crippen LogP contribution in [0.3, 0.4) is 0 Å². The summed E-state index contributed by atoms with van der Waals surface area (Å²) in [6.45, 7) is 6.65. The van der Waals surface area contributed by atoms with Crippen LogP contribution in [0.15, 0.2) is 36.4 Å². The van der Waals surface area contributed by atoms with Crippen LogP contribution in [0.5, 0.6) is 11.5 Å². The van der Waals surface area contributed by atoms with Gasteiger partial charge in [0, 0.05) is 0 Å². The summed E-state index contributed by atoms with van der Waals surface area (Å²) < 4.78 is 16.3. The molecule has 0 aliphatic rings. The second-order valence-electron chi connectivity index (χ2n) is 5.91. The molecule has 1 N–H and O–H groups in total. The van der Waals surface area contributed by atoms with Gasteiger partial charge in [0.1, 0.15) is 18.1 Å². The van der Waals surface area contributed by atoms with Crippen LogP contribution >= 0.6 is 0 Å². The van der Waals surface area contributed by atoms with E-state index < -0.39 is 6.09 Å². The molecule has 0 aromatic heterocycles. The predicted molar refractivity (Wildman–Crippen MR) is 104 cm³/mol. The van der Waals surface area contributed by atoms with Gasteiger partial charge in [-0.2, -0.15) is 5.06 Å². The van der Waals surface area contributed by atoms with Crippen molar-refractivity contribution in [3.8, 4) is 11.5 Å². The number of hydroxylamine groups is 1. The quantitative estimate of drug-likeness (QED) is 0.534. The highest BCUT2D eigenvalue weighted by Gasteiger charge is 2.21. The number of aryl methyl sites for hydroxylation is 2. The maximum Gasteiger partial charge on any atom is 0.438 e. The number of methoxy groups -OCH3 is 1. The van der Waals surface area contributed by atoms with Crippen LogP contribution in [0.25, 0.3) is 0 Å². The fraction of sp³-hybridized carbons (Fsp3) is 0.381. The summed E-state index contributed by atoms with van der Waals surface area (Å²) in [5.41, 5.74) is 3.19. The maximum atomic E-state index is 11.8. The summed E-state index contributed by atoms with van der Waals surface area (Å²) in [6, 6.07) is 11.2. The number of amides is 1. The van der Waals surface area contributed by atoms with Crippen molar-refractivity contribution in [1.29, 1.82) is 0 Å². The van der Waals surface area contributed by atoms with Crippen molar-refractivity contribution in [3.63, 3.8) is 0 Å². The number of anilines is 1. The SMILES string of the molecule is CCOc1cccc(N(O)C(=O)OC)c1COc1ccc(CC)cc1CC. The second kappa shape index (κ2) is 9.83. The van der Waals surface area contributed by atoms with Crippen LogP contribution < -0.4 is 14.5 Å². The van der Waals surface area contributed by atoms with Crippen LogP contribution in [0.1, 0.15) is 37.5 Å². The molecule has 6 heteroatoms. The first-order valence-electron chi connectivity index (χ1n) is 9.11. The zero-order chi connectivity index (χ0) is 19.8. The lowest BCUT2D eigenvalue weighted by Crippen LogP contribution is -2.28. The molecule has 0 heterocycles. The molecule has 0 fully saturated rings. The van der Waals surface area contributed by atoms with Crippen molar-refractivity contribution in [1.82, 2.24) is 0 Å². The number of nitrogens with zero attached hydrogens (tertiary/aromatic N) is 1. The third-order valence-corrected chi connectivity index (χ3v) is 4.27. The Morgan fingerprint density at radius 1 is 1.04 bits per heavy atom. The first-order valence-corrected chi connectivity index (χ1v) is 9.11. The Balaban J connectivity index is 2.35. The molecular weight excluding hydrogens is 346 g/mol. The lowest BCUT2D eigenvalue weighted by atomic mass is 10.1. The van der Waals surface area contributed by atoms with Crippen molar-refractivity contribution in [2.45, 2.75) is 40.2 Å². The fourth-order valence-electron chi connectivity index (χ4n) is 2.79. The molecule has 2 rings (SSSR count). The molecule has 2 aromatic rings. The normalized spacial score (nSPS) is 10.4. The Morgan fingerprint density at radius 2 is 1.81 bits per heavy atom. The topological polar surface area (TPSA) is 68.2 Å². The molecule has 1 amide bonds. The van der Waals surface area contributed by atoms with E-state index in [0.29, 0.717) is 23.0 Å². The minimum atomic E-state index is -0.883. The van der Waals surface area contributed by atoms with Gasteiger partial charge in [-0.1, -0.05) is 32.0 Å².